The van der Waals surface area contributed by atoms with Crippen LogP contribution in [0.1, 0.15) is 25.7 Å². The summed E-state index contributed by atoms with van der Waals surface area (Å²) in [5.74, 6) is -1.01. The van der Waals surface area contributed by atoms with Crippen molar-refractivity contribution in [3.05, 3.63) is 72.2 Å². The molecule has 0 N–H and O–H groups in total. The second-order valence-electron chi connectivity index (χ2n) is 11.6. The lowest BCUT2D eigenvalue weighted by Gasteiger charge is -2.36. The van der Waals surface area contributed by atoms with E-state index >= 15 is 0 Å². The van der Waals surface area contributed by atoms with Crippen molar-refractivity contribution in [2.45, 2.75) is 31.2 Å². The molecule has 7 nitrogen and oxygen atoms in total. The summed E-state index contributed by atoms with van der Waals surface area (Å²) in [6.45, 7) is 7.92. The molecule has 1 amide bonds. The molecule has 0 radical (unpaired) electrons. The lowest BCUT2D eigenvalue weighted by atomic mass is 9.95. The molecule has 5 heterocycles. The molecule has 3 saturated heterocycles. The average molecular weight is 586 g/mol. The fourth-order valence-corrected chi connectivity index (χ4v) is 7.34. The summed E-state index contributed by atoms with van der Waals surface area (Å²) in [5, 5.41) is 2.73. The van der Waals surface area contributed by atoms with E-state index in [1.807, 2.05) is 30.5 Å². The van der Waals surface area contributed by atoms with Crippen LogP contribution in [0.4, 0.5) is 10.1 Å². The van der Waals surface area contributed by atoms with Crippen molar-refractivity contribution in [1.29, 1.82) is 0 Å². The Morgan fingerprint density at radius 1 is 1.02 bits per heavy atom. The van der Waals surface area contributed by atoms with Gasteiger partial charge in [-0.05, 0) is 61.9 Å². The summed E-state index contributed by atoms with van der Waals surface area (Å²) < 4.78 is 20.0. The normalized spacial score (nSPS) is 18.5. The quantitative estimate of drug-likeness (QED) is 0.250. The van der Waals surface area contributed by atoms with Crippen LogP contribution in [0, 0.1) is 0 Å². The summed E-state index contributed by atoms with van der Waals surface area (Å²) in [6, 6.07) is 16.1. The highest BCUT2D eigenvalue weighted by molar-refractivity contribution is 6.36. The van der Waals surface area contributed by atoms with Crippen LogP contribution >= 0.6 is 11.6 Å². The van der Waals surface area contributed by atoms with E-state index in [4.69, 9.17) is 26.3 Å². The molecule has 216 valence electrons. The number of benzene rings is 2. The van der Waals surface area contributed by atoms with E-state index in [9.17, 15) is 9.18 Å². The summed E-state index contributed by atoms with van der Waals surface area (Å²) in [7, 11) is 0. The first-order valence-electron chi connectivity index (χ1n) is 14.7. The molecule has 4 aromatic rings. The Morgan fingerprint density at radius 2 is 1.76 bits per heavy atom. The van der Waals surface area contributed by atoms with Gasteiger partial charge in [-0.2, -0.15) is 0 Å². The van der Waals surface area contributed by atoms with E-state index in [1.54, 1.807) is 0 Å². The predicted molar refractivity (Wildman–Crippen MR) is 165 cm³/mol. The topological polar surface area (TPSA) is 61.8 Å². The van der Waals surface area contributed by atoms with Crippen LogP contribution in [0.2, 0.25) is 5.02 Å². The van der Waals surface area contributed by atoms with E-state index in [2.05, 4.69) is 40.6 Å². The number of halogens is 2. The lowest BCUT2D eigenvalue weighted by molar-refractivity contribution is -0.128. The van der Waals surface area contributed by atoms with E-state index < -0.39 is 11.7 Å². The largest absolute Gasteiger partial charge is 0.476 e. The van der Waals surface area contributed by atoms with Crippen molar-refractivity contribution in [3.63, 3.8) is 0 Å². The molecule has 0 aliphatic carbocycles. The first-order valence-corrected chi connectivity index (χ1v) is 15.0. The summed E-state index contributed by atoms with van der Waals surface area (Å²) in [5.41, 5.74) is 4.39. The number of piperazine rings is 1. The number of carbonyl (C=O) groups excluding carboxylic acids is 1. The van der Waals surface area contributed by atoms with Gasteiger partial charge in [-0.3, -0.25) is 14.7 Å². The number of hydrogen-bond donors (Lipinski definition) is 0. The van der Waals surface area contributed by atoms with Crippen molar-refractivity contribution in [2.75, 3.05) is 50.8 Å². The number of fused-ring (bicyclic) bond motifs is 3. The zero-order valence-electron chi connectivity index (χ0n) is 23.5. The number of pyridine rings is 2. The molecule has 0 saturated carbocycles. The molecule has 3 aliphatic rings. The molecule has 0 bridgehead atoms. The number of hydrogen-bond acceptors (Lipinski definition) is 6. The summed E-state index contributed by atoms with van der Waals surface area (Å²) in [4.78, 5) is 28.3. The molecule has 3 aliphatic heterocycles. The van der Waals surface area contributed by atoms with Crippen LogP contribution in [-0.2, 0) is 4.79 Å². The summed E-state index contributed by atoms with van der Waals surface area (Å²) >= 11 is 6.66. The molecule has 2 aromatic heterocycles. The van der Waals surface area contributed by atoms with Gasteiger partial charge in [0, 0.05) is 54.4 Å². The van der Waals surface area contributed by atoms with Gasteiger partial charge >= 0.3 is 0 Å². The number of aromatic nitrogens is 2. The van der Waals surface area contributed by atoms with Gasteiger partial charge in [-0.25, -0.2) is 9.37 Å². The number of nitrogens with zero attached hydrogens (tertiary/aromatic N) is 5. The Morgan fingerprint density at radius 3 is 2.50 bits per heavy atom. The van der Waals surface area contributed by atoms with Crippen LogP contribution in [0.25, 0.3) is 32.9 Å². The molecule has 0 unspecified atom stereocenters. The van der Waals surface area contributed by atoms with E-state index in [0.717, 1.165) is 64.6 Å². The van der Waals surface area contributed by atoms with Crippen molar-refractivity contribution in [3.8, 4) is 17.0 Å². The Kier molecular flexibility index (Phi) is 6.98. The third kappa shape index (κ3) is 4.76. The third-order valence-electron chi connectivity index (χ3n) is 9.21. The molecular weight excluding hydrogens is 553 g/mol. The van der Waals surface area contributed by atoms with Crippen LogP contribution in [0.5, 0.6) is 5.88 Å². The van der Waals surface area contributed by atoms with Crippen molar-refractivity contribution >= 4 is 45.0 Å². The third-order valence-corrected chi connectivity index (χ3v) is 9.52. The van der Waals surface area contributed by atoms with Crippen LogP contribution in [0.3, 0.4) is 0 Å². The lowest BCUT2D eigenvalue weighted by Crippen LogP contribution is -2.49. The first-order chi connectivity index (χ1) is 20.4. The highest BCUT2D eigenvalue weighted by atomic mass is 35.5. The van der Waals surface area contributed by atoms with Crippen LogP contribution in [0.15, 0.2) is 67.1 Å². The molecular formula is C33H33ClFN5O2. The maximum absolute atomic E-state index is 13.5. The highest BCUT2D eigenvalue weighted by Crippen LogP contribution is 2.40. The average Bonchev–Trinajstić information content (AvgIpc) is 3.60. The van der Waals surface area contributed by atoms with Gasteiger partial charge in [0.2, 0.25) is 5.88 Å². The van der Waals surface area contributed by atoms with Crippen molar-refractivity contribution in [1.82, 2.24) is 19.8 Å². The zero-order valence-corrected chi connectivity index (χ0v) is 24.2. The Bertz CT molecular complexity index is 1690. The monoisotopic (exact) mass is 585 g/mol. The number of rotatable bonds is 6. The minimum atomic E-state index is -0.927. The van der Waals surface area contributed by atoms with Crippen LogP contribution in [-0.4, -0.2) is 77.1 Å². The Balaban J connectivity index is 1.27. The molecule has 2 aromatic carbocycles. The molecule has 0 atom stereocenters. The van der Waals surface area contributed by atoms with Crippen molar-refractivity contribution in [2.24, 2.45) is 0 Å². The second kappa shape index (κ2) is 10.8. The van der Waals surface area contributed by atoms with Crippen molar-refractivity contribution < 1.29 is 13.9 Å². The van der Waals surface area contributed by atoms with E-state index in [-0.39, 0.29) is 5.54 Å². The van der Waals surface area contributed by atoms with Gasteiger partial charge < -0.3 is 14.5 Å². The first kappa shape index (κ1) is 27.1. The fraction of sp³-hybridized carbons (Fsp3) is 0.364. The highest BCUT2D eigenvalue weighted by Gasteiger charge is 2.45. The SMILES string of the molecule is C=C(F)C(=O)N1CCN(c2cc(OCC34CCCN3CCC4)nc3cc(-c4cccc5cccc(Cl)c45)cnc23)CC1. The maximum atomic E-state index is 13.5. The smallest absolute Gasteiger partial charge is 0.282 e. The van der Waals surface area contributed by atoms with Crippen LogP contribution < -0.4 is 9.64 Å². The van der Waals surface area contributed by atoms with Gasteiger partial charge in [0.1, 0.15) is 12.1 Å². The number of ether oxygens (including phenoxy) is 1. The van der Waals surface area contributed by atoms with Gasteiger partial charge in [-0.1, -0.05) is 48.5 Å². The minimum absolute atomic E-state index is 0.0946. The molecule has 42 heavy (non-hydrogen) atoms. The fourth-order valence-electron chi connectivity index (χ4n) is 7.06. The zero-order chi connectivity index (χ0) is 28.8. The molecule has 3 fully saturated rings. The summed E-state index contributed by atoms with van der Waals surface area (Å²) in [6.07, 6.45) is 6.57. The maximum Gasteiger partial charge on any atom is 0.282 e. The minimum Gasteiger partial charge on any atom is -0.476 e. The van der Waals surface area contributed by atoms with E-state index in [0.29, 0.717) is 43.7 Å². The molecule has 9 heteroatoms. The predicted octanol–water partition coefficient (Wildman–Crippen LogP) is 6.24. The molecule has 7 rings (SSSR count). The number of anilines is 1. The van der Waals surface area contributed by atoms with E-state index in [1.165, 1.54) is 17.7 Å². The number of carbonyl (C=O) groups is 1. The number of amides is 1. The Hall–Kier alpha value is -3.75. The van der Waals surface area contributed by atoms with Gasteiger partial charge in [0.25, 0.3) is 5.91 Å². The van der Waals surface area contributed by atoms with Gasteiger partial charge in [0.15, 0.2) is 5.83 Å². The van der Waals surface area contributed by atoms with Gasteiger partial charge in [-0.15, -0.1) is 0 Å². The second-order valence-corrected chi connectivity index (χ2v) is 12.0. The standard InChI is InChI=1S/C33H33ClFN5O2/c1-22(35)32(41)39-16-14-38(15-17-39)28-19-29(42-21-33-10-4-12-40(33)13-5-11-33)37-27-18-24(20-36-31(27)28)25-8-2-6-23-7-3-9-26(34)30(23)25/h2-3,6-9,18-20H,1,4-5,10-17,21H2. The Labute approximate surface area is 249 Å². The van der Waals surface area contributed by atoms with Gasteiger partial charge in [0.05, 0.1) is 16.7 Å². The molecule has 0 spiro atoms.